The van der Waals surface area contributed by atoms with Gasteiger partial charge in [0, 0.05) is 19.4 Å². The van der Waals surface area contributed by atoms with Gasteiger partial charge in [-0.1, -0.05) is 6.07 Å². The zero-order chi connectivity index (χ0) is 14.1. The van der Waals surface area contributed by atoms with E-state index >= 15 is 0 Å². The van der Waals surface area contributed by atoms with Crippen LogP contribution in [0.5, 0.6) is 0 Å². The number of nitrogens with zero attached hydrogens (tertiary/aromatic N) is 6. The van der Waals surface area contributed by atoms with Crippen LogP contribution in [0.1, 0.15) is 5.82 Å². The summed E-state index contributed by atoms with van der Waals surface area (Å²) in [5, 5.41) is 4.09. The average molecular weight is 268 g/mol. The molecule has 0 saturated carbocycles. The largest absolute Gasteiger partial charge is 0.351 e. The van der Waals surface area contributed by atoms with Crippen LogP contribution >= 0.6 is 0 Å². The van der Waals surface area contributed by atoms with Crippen LogP contribution in [0.25, 0.3) is 17.3 Å². The molecule has 0 bridgehead atoms. The van der Waals surface area contributed by atoms with Crippen molar-refractivity contribution in [2.45, 2.75) is 6.92 Å². The van der Waals surface area contributed by atoms with Crippen LogP contribution in [0.4, 0.5) is 0 Å². The lowest BCUT2D eigenvalue weighted by Gasteiger charge is -2.04. The van der Waals surface area contributed by atoms with Crippen molar-refractivity contribution < 1.29 is 0 Å². The summed E-state index contributed by atoms with van der Waals surface area (Å²) in [6.45, 7) is 1.76. The molecule has 0 atom stereocenters. The molecular weight excluding hydrogens is 256 g/mol. The summed E-state index contributed by atoms with van der Waals surface area (Å²) < 4.78 is 2.73. The van der Waals surface area contributed by atoms with Gasteiger partial charge in [0.15, 0.2) is 5.82 Å². The van der Waals surface area contributed by atoms with Gasteiger partial charge in [0.1, 0.15) is 17.3 Å². The first-order valence-corrected chi connectivity index (χ1v) is 6.04. The number of rotatable bonds is 2. The lowest BCUT2D eigenvalue weighted by atomic mass is 10.3. The van der Waals surface area contributed by atoms with Crippen molar-refractivity contribution >= 4 is 0 Å². The Morgan fingerprint density at radius 2 is 1.85 bits per heavy atom. The van der Waals surface area contributed by atoms with Gasteiger partial charge < -0.3 is 0 Å². The first-order valence-electron chi connectivity index (χ1n) is 6.04. The quantitative estimate of drug-likeness (QED) is 0.684. The second kappa shape index (κ2) is 4.69. The van der Waals surface area contributed by atoms with Crippen LogP contribution in [-0.4, -0.2) is 29.3 Å². The van der Waals surface area contributed by atoms with E-state index in [1.807, 2.05) is 6.07 Å². The van der Waals surface area contributed by atoms with Crippen LogP contribution in [0.3, 0.4) is 0 Å². The third-order valence-corrected chi connectivity index (χ3v) is 2.84. The number of hydrogen-bond acceptors (Lipinski definition) is 5. The second-order valence-electron chi connectivity index (χ2n) is 4.24. The van der Waals surface area contributed by atoms with Crippen LogP contribution in [0.15, 0.2) is 41.5 Å². The average Bonchev–Trinajstić information content (AvgIpc) is 2.73. The van der Waals surface area contributed by atoms with Gasteiger partial charge in [-0.05, 0) is 25.1 Å². The van der Waals surface area contributed by atoms with E-state index in [4.69, 9.17) is 0 Å². The number of hydrogen-bond donors (Lipinski definition) is 0. The predicted octanol–water partition coefficient (Wildman–Crippen LogP) is 0.731. The fraction of sp³-hybridized carbons (Fsp3) is 0.154. The molecule has 0 fully saturated rings. The minimum atomic E-state index is -0.235. The normalized spacial score (nSPS) is 10.7. The highest BCUT2D eigenvalue weighted by molar-refractivity contribution is 5.50. The molecule has 7 nitrogen and oxygen atoms in total. The van der Waals surface area contributed by atoms with Crippen molar-refractivity contribution in [2.24, 2.45) is 7.05 Å². The summed E-state index contributed by atoms with van der Waals surface area (Å²) in [5.74, 6) is 1.60. The zero-order valence-electron chi connectivity index (χ0n) is 11.1. The predicted molar refractivity (Wildman–Crippen MR) is 72.4 cm³/mol. The van der Waals surface area contributed by atoms with E-state index < -0.39 is 0 Å². The Bertz CT molecular complexity index is 805. The topological polar surface area (TPSA) is 78.5 Å². The van der Waals surface area contributed by atoms with Crippen molar-refractivity contribution in [2.75, 3.05) is 0 Å². The first kappa shape index (κ1) is 12.2. The molecule has 7 heteroatoms. The monoisotopic (exact) mass is 268 g/mol. The molecule has 0 radical (unpaired) electrons. The highest BCUT2D eigenvalue weighted by Crippen LogP contribution is 2.13. The van der Waals surface area contributed by atoms with Crippen LogP contribution in [0, 0.1) is 6.92 Å². The van der Waals surface area contributed by atoms with E-state index in [9.17, 15) is 4.79 Å². The van der Waals surface area contributed by atoms with Crippen LogP contribution in [-0.2, 0) is 7.05 Å². The minimum absolute atomic E-state index is 0.235. The standard InChI is InChI=1S/C13H12N6O/c1-9-17-18(2)13(20)19(9)11-6-3-5-10(16-11)12-14-7-4-8-15-12/h3-8H,1-2H3. The lowest BCUT2D eigenvalue weighted by Crippen LogP contribution is -2.22. The molecule has 100 valence electrons. The first-order chi connectivity index (χ1) is 9.66. The van der Waals surface area contributed by atoms with Crippen molar-refractivity contribution in [3.05, 3.63) is 53.0 Å². The summed E-state index contributed by atoms with van der Waals surface area (Å²) in [7, 11) is 1.61. The summed E-state index contributed by atoms with van der Waals surface area (Å²) in [6.07, 6.45) is 3.30. The molecule has 0 unspecified atom stereocenters. The molecule has 0 aliphatic rings. The second-order valence-corrected chi connectivity index (χ2v) is 4.24. The molecule has 0 amide bonds. The molecule has 3 heterocycles. The van der Waals surface area contributed by atoms with E-state index in [0.29, 0.717) is 23.2 Å². The fourth-order valence-electron chi connectivity index (χ4n) is 1.96. The van der Waals surface area contributed by atoms with Crippen molar-refractivity contribution in [1.29, 1.82) is 0 Å². The van der Waals surface area contributed by atoms with E-state index in [1.54, 1.807) is 44.6 Å². The smallest absolute Gasteiger partial charge is 0.246 e. The van der Waals surface area contributed by atoms with Gasteiger partial charge in [0.05, 0.1) is 0 Å². The third kappa shape index (κ3) is 1.99. The molecule has 0 N–H and O–H groups in total. The van der Waals surface area contributed by atoms with Crippen LogP contribution in [0.2, 0.25) is 0 Å². The maximum atomic E-state index is 12.0. The summed E-state index contributed by atoms with van der Waals surface area (Å²) >= 11 is 0. The summed E-state index contributed by atoms with van der Waals surface area (Å²) in [4.78, 5) is 24.8. The molecule has 20 heavy (non-hydrogen) atoms. The van der Waals surface area contributed by atoms with Crippen molar-refractivity contribution in [3.8, 4) is 17.3 Å². The summed E-state index contributed by atoms with van der Waals surface area (Å²) in [5.41, 5.74) is 0.374. The molecule has 0 aliphatic heterocycles. The highest BCUT2D eigenvalue weighted by atomic mass is 16.2. The van der Waals surface area contributed by atoms with Crippen LogP contribution < -0.4 is 5.69 Å². The van der Waals surface area contributed by atoms with Crippen molar-refractivity contribution in [3.63, 3.8) is 0 Å². The molecule has 3 aromatic rings. The fourth-order valence-corrected chi connectivity index (χ4v) is 1.96. The SMILES string of the molecule is Cc1nn(C)c(=O)n1-c1cccc(-c2ncccn2)n1. The van der Waals surface area contributed by atoms with Crippen molar-refractivity contribution in [1.82, 2.24) is 29.3 Å². The van der Waals surface area contributed by atoms with E-state index in [2.05, 4.69) is 20.1 Å². The zero-order valence-corrected chi connectivity index (χ0v) is 11.1. The van der Waals surface area contributed by atoms with Gasteiger partial charge in [0.2, 0.25) is 0 Å². The van der Waals surface area contributed by atoms with E-state index in [1.165, 1.54) is 9.25 Å². The lowest BCUT2D eigenvalue weighted by molar-refractivity contribution is 0.721. The Hall–Kier alpha value is -2.83. The van der Waals surface area contributed by atoms with Gasteiger partial charge in [-0.2, -0.15) is 5.10 Å². The molecule has 0 spiro atoms. The maximum absolute atomic E-state index is 12.0. The molecule has 0 aliphatic carbocycles. The number of aromatic nitrogens is 6. The Balaban J connectivity index is 2.15. The maximum Gasteiger partial charge on any atom is 0.351 e. The Morgan fingerprint density at radius 1 is 1.10 bits per heavy atom. The molecule has 3 rings (SSSR count). The minimum Gasteiger partial charge on any atom is -0.246 e. The molecule has 0 aromatic carbocycles. The van der Waals surface area contributed by atoms with Gasteiger partial charge in [-0.15, -0.1) is 0 Å². The van der Waals surface area contributed by atoms with E-state index in [0.717, 1.165) is 0 Å². The Morgan fingerprint density at radius 3 is 2.50 bits per heavy atom. The summed E-state index contributed by atoms with van der Waals surface area (Å²) in [6, 6.07) is 7.11. The Labute approximate surface area is 114 Å². The number of aryl methyl sites for hydroxylation is 2. The van der Waals surface area contributed by atoms with E-state index in [-0.39, 0.29) is 5.69 Å². The van der Waals surface area contributed by atoms with Gasteiger partial charge in [0.25, 0.3) is 0 Å². The van der Waals surface area contributed by atoms with Gasteiger partial charge in [-0.3, -0.25) is 0 Å². The third-order valence-electron chi connectivity index (χ3n) is 2.84. The van der Waals surface area contributed by atoms with Gasteiger partial charge in [-0.25, -0.2) is 29.0 Å². The molecular formula is C13H12N6O. The highest BCUT2D eigenvalue weighted by Gasteiger charge is 2.11. The molecule has 3 aromatic heterocycles. The Kier molecular flexibility index (Phi) is 2.86. The van der Waals surface area contributed by atoms with Gasteiger partial charge >= 0.3 is 5.69 Å². The molecule has 0 saturated heterocycles. The number of pyridine rings is 1.